The maximum atomic E-state index is 13.6. The van der Waals surface area contributed by atoms with E-state index < -0.39 is 0 Å². The van der Waals surface area contributed by atoms with Crippen molar-refractivity contribution in [3.63, 3.8) is 0 Å². The number of nitrogens with one attached hydrogen (secondary N) is 1. The molecule has 1 N–H and O–H groups in total. The number of aryl methyl sites for hydroxylation is 1. The normalized spacial score (nSPS) is 12.4. The summed E-state index contributed by atoms with van der Waals surface area (Å²) in [5, 5.41) is 4.04. The maximum Gasteiger partial charge on any atom is 0.126 e. The van der Waals surface area contributed by atoms with Gasteiger partial charge in [-0.3, -0.25) is 0 Å². The zero-order chi connectivity index (χ0) is 14.7. The first kappa shape index (κ1) is 15.0. The van der Waals surface area contributed by atoms with E-state index in [4.69, 9.17) is 11.6 Å². The second-order valence-electron chi connectivity index (χ2n) is 4.98. The summed E-state index contributed by atoms with van der Waals surface area (Å²) in [6.45, 7) is 6.79. The van der Waals surface area contributed by atoms with Crippen LogP contribution in [0, 0.1) is 12.7 Å². The molecule has 0 heterocycles. The van der Waals surface area contributed by atoms with Crippen LogP contribution in [-0.4, -0.2) is 6.54 Å². The minimum atomic E-state index is -0.191. The fourth-order valence-corrected chi connectivity index (χ4v) is 2.59. The van der Waals surface area contributed by atoms with E-state index in [-0.39, 0.29) is 11.9 Å². The van der Waals surface area contributed by atoms with Gasteiger partial charge in [0.25, 0.3) is 0 Å². The van der Waals surface area contributed by atoms with Gasteiger partial charge in [0.2, 0.25) is 0 Å². The van der Waals surface area contributed by atoms with Crippen molar-refractivity contribution < 1.29 is 4.39 Å². The second-order valence-corrected chi connectivity index (χ2v) is 5.39. The summed E-state index contributed by atoms with van der Waals surface area (Å²) in [7, 11) is 0. The van der Waals surface area contributed by atoms with Gasteiger partial charge in [-0.05, 0) is 54.8 Å². The summed E-state index contributed by atoms with van der Waals surface area (Å²) in [6, 6.07) is 11.3. The van der Waals surface area contributed by atoms with Gasteiger partial charge in [-0.1, -0.05) is 42.8 Å². The van der Waals surface area contributed by atoms with Gasteiger partial charge in [0.05, 0.1) is 0 Å². The molecule has 0 saturated heterocycles. The topological polar surface area (TPSA) is 12.0 Å². The lowest BCUT2D eigenvalue weighted by Gasteiger charge is -2.15. The lowest BCUT2D eigenvalue weighted by atomic mass is 10.00. The molecule has 0 amide bonds. The Kier molecular flexibility index (Phi) is 4.79. The van der Waals surface area contributed by atoms with Crippen LogP contribution in [0.25, 0.3) is 11.1 Å². The molecular formula is C17H19ClFN. The fourth-order valence-electron chi connectivity index (χ4n) is 2.25. The Hall–Kier alpha value is -1.38. The third kappa shape index (κ3) is 3.20. The Morgan fingerprint density at radius 1 is 1.15 bits per heavy atom. The highest BCUT2D eigenvalue weighted by molar-refractivity contribution is 6.31. The molecule has 1 unspecified atom stereocenters. The maximum absolute atomic E-state index is 13.6. The van der Waals surface area contributed by atoms with E-state index in [0.717, 1.165) is 23.2 Å². The Morgan fingerprint density at radius 3 is 2.40 bits per heavy atom. The van der Waals surface area contributed by atoms with Gasteiger partial charge in [-0.25, -0.2) is 4.39 Å². The minimum absolute atomic E-state index is 0.191. The van der Waals surface area contributed by atoms with Crippen LogP contribution in [0.4, 0.5) is 4.39 Å². The smallest absolute Gasteiger partial charge is 0.126 e. The highest BCUT2D eigenvalue weighted by Crippen LogP contribution is 2.29. The Bertz CT molecular complexity index is 610. The molecule has 0 fully saturated rings. The molecule has 2 rings (SSSR count). The summed E-state index contributed by atoms with van der Waals surface area (Å²) in [6.07, 6.45) is 0. The van der Waals surface area contributed by atoms with E-state index in [1.807, 2.05) is 24.3 Å². The molecule has 0 bridgehead atoms. The van der Waals surface area contributed by atoms with Crippen molar-refractivity contribution in [3.8, 4) is 11.1 Å². The number of benzene rings is 2. The van der Waals surface area contributed by atoms with Gasteiger partial charge in [0.1, 0.15) is 5.82 Å². The predicted molar refractivity (Wildman–Crippen MR) is 83.7 cm³/mol. The Balaban J connectivity index is 2.35. The molecule has 1 nitrogen and oxygen atoms in total. The zero-order valence-corrected chi connectivity index (χ0v) is 12.8. The lowest BCUT2D eigenvalue weighted by molar-refractivity contribution is 0.598. The van der Waals surface area contributed by atoms with Crippen molar-refractivity contribution in [1.82, 2.24) is 5.32 Å². The molecule has 1 atom stereocenters. The van der Waals surface area contributed by atoms with Gasteiger partial charge in [-0.15, -0.1) is 0 Å². The molecule has 106 valence electrons. The van der Waals surface area contributed by atoms with Gasteiger partial charge in [-0.2, -0.15) is 0 Å². The average molecular weight is 292 g/mol. The molecule has 0 radical (unpaired) electrons. The molecule has 0 saturated carbocycles. The minimum Gasteiger partial charge on any atom is -0.310 e. The summed E-state index contributed by atoms with van der Waals surface area (Å²) in [5.41, 5.74) is 3.49. The van der Waals surface area contributed by atoms with Crippen LogP contribution in [0.5, 0.6) is 0 Å². The van der Waals surface area contributed by atoms with Crippen molar-refractivity contribution >= 4 is 11.6 Å². The number of halogens is 2. The molecule has 0 aromatic heterocycles. The molecule has 20 heavy (non-hydrogen) atoms. The standard InChI is InChI=1S/C17H19ClFN/c1-4-20-12(3)15-8-7-13(9-16(15)18)14-6-5-11(2)17(19)10-14/h5-10,12,20H,4H2,1-3H3. The van der Waals surface area contributed by atoms with E-state index in [0.29, 0.717) is 10.6 Å². The molecule has 2 aromatic carbocycles. The summed E-state index contributed by atoms with van der Waals surface area (Å²) in [5.74, 6) is -0.191. The summed E-state index contributed by atoms with van der Waals surface area (Å²) >= 11 is 6.35. The van der Waals surface area contributed by atoms with Crippen LogP contribution in [0.2, 0.25) is 5.02 Å². The second kappa shape index (κ2) is 6.38. The number of rotatable bonds is 4. The molecule has 0 aliphatic heterocycles. The van der Waals surface area contributed by atoms with Crippen LogP contribution in [0.1, 0.15) is 31.0 Å². The van der Waals surface area contributed by atoms with Crippen LogP contribution >= 0.6 is 11.6 Å². The van der Waals surface area contributed by atoms with Crippen LogP contribution < -0.4 is 5.32 Å². The van der Waals surface area contributed by atoms with Gasteiger partial charge in [0.15, 0.2) is 0 Å². The highest BCUT2D eigenvalue weighted by atomic mass is 35.5. The first-order valence-electron chi connectivity index (χ1n) is 6.82. The molecule has 0 spiro atoms. The first-order chi connectivity index (χ1) is 9.52. The predicted octanol–water partition coefficient (Wildman–Crippen LogP) is 5.13. The summed E-state index contributed by atoms with van der Waals surface area (Å²) in [4.78, 5) is 0. The van der Waals surface area contributed by atoms with E-state index >= 15 is 0 Å². The third-order valence-electron chi connectivity index (χ3n) is 3.48. The van der Waals surface area contributed by atoms with Gasteiger partial charge < -0.3 is 5.32 Å². The fraction of sp³-hybridized carbons (Fsp3) is 0.294. The number of hydrogen-bond acceptors (Lipinski definition) is 1. The molecular weight excluding hydrogens is 273 g/mol. The highest BCUT2D eigenvalue weighted by Gasteiger charge is 2.10. The third-order valence-corrected chi connectivity index (χ3v) is 3.81. The van der Waals surface area contributed by atoms with E-state index in [9.17, 15) is 4.39 Å². The number of hydrogen-bond donors (Lipinski definition) is 1. The van der Waals surface area contributed by atoms with Crippen LogP contribution in [0.15, 0.2) is 36.4 Å². The average Bonchev–Trinajstić information content (AvgIpc) is 2.42. The molecule has 0 aliphatic carbocycles. The SMILES string of the molecule is CCNC(C)c1ccc(-c2ccc(C)c(F)c2)cc1Cl. The van der Waals surface area contributed by atoms with Crippen molar-refractivity contribution in [2.45, 2.75) is 26.8 Å². The van der Waals surface area contributed by atoms with E-state index in [1.165, 1.54) is 0 Å². The van der Waals surface area contributed by atoms with Gasteiger partial charge in [0, 0.05) is 11.1 Å². The largest absolute Gasteiger partial charge is 0.310 e. The van der Waals surface area contributed by atoms with E-state index in [1.54, 1.807) is 19.1 Å². The first-order valence-corrected chi connectivity index (χ1v) is 7.20. The lowest BCUT2D eigenvalue weighted by Crippen LogP contribution is -2.17. The van der Waals surface area contributed by atoms with Crippen molar-refractivity contribution in [2.75, 3.05) is 6.54 Å². The monoisotopic (exact) mass is 291 g/mol. The van der Waals surface area contributed by atoms with Crippen LogP contribution in [0.3, 0.4) is 0 Å². The summed E-state index contributed by atoms with van der Waals surface area (Å²) < 4.78 is 13.6. The van der Waals surface area contributed by atoms with E-state index in [2.05, 4.69) is 19.2 Å². The zero-order valence-electron chi connectivity index (χ0n) is 12.0. The Morgan fingerprint density at radius 2 is 1.80 bits per heavy atom. The molecule has 3 heteroatoms. The van der Waals surface area contributed by atoms with Crippen molar-refractivity contribution in [2.24, 2.45) is 0 Å². The van der Waals surface area contributed by atoms with Crippen molar-refractivity contribution in [3.05, 3.63) is 58.4 Å². The Labute approximate surface area is 124 Å². The van der Waals surface area contributed by atoms with Gasteiger partial charge >= 0.3 is 0 Å². The quantitative estimate of drug-likeness (QED) is 0.824. The molecule has 0 aliphatic rings. The van der Waals surface area contributed by atoms with Crippen LogP contribution in [-0.2, 0) is 0 Å². The van der Waals surface area contributed by atoms with Crippen molar-refractivity contribution in [1.29, 1.82) is 0 Å². The molecule has 2 aromatic rings.